The molecule has 3 N–H and O–H groups in total. The summed E-state index contributed by atoms with van der Waals surface area (Å²) in [6.45, 7) is 6.12. The number of fused-ring (bicyclic) bond motifs is 2. The van der Waals surface area contributed by atoms with Crippen molar-refractivity contribution in [2.24, 2.45) is 5.41 Å². The van der Waals surface area contributed by atoms with Gasteiger partial charge >= 0.3 is 12.1 Å². The van der Waals surface area contributed by atoms with Crippen molar-refractivity contribution in [2.75, 3.05) is 58.1 Å². The van der Waals surface area contributed by atoms with Gasteiger partial charge in [0.25, 0.3) is 0 Å². The van der Waals surface area contributed by atoms with E-state index >= 15 is 4.39 Å². The van der Waals surface area contributed by atoms with Crippen molar-refractivity contribution in [3.05, 3.63) is 87.2 Å². The number of carbonyl (C=O) groups is 4. The maximum absolute atomic E-state index is 15.2. The first-order valence-corrected chi connectivity index (χ1v) is 17.8. The number of benzene rings is 3. The number of methoxy groups -OCH3 is 2. The van der Waals surface area contributed by atoms with Crippen molar-refractivity contribution in [3.63, 3.8) is 0 Å². The molecule has 2 heterocycles. The molecule has 0 aliphatic carbocycles. The molecule has 0 bridgehead atoms. The van der Waals surface area contributed by atoms with E-state index in [0.29, 0.717) is 41.5 Å². The van der Waals surface area contributed by atoms with Crippen LogP contribution < -0.4 is 20.7 Å². The summed E-state index contributed by atoms with van der Waals surface area (Å²) in [6.07, 6.45) is -0.625. The minimum atomic E-state index is -1.45. The molecule has 0 radical (unpaired) electrons. The fraction of sp³-hybridized carbons (Fsp3) is 0.421. The summed E-state index contributed by atoms with van der Waals surface area (Å²) in [5.74, 6) is -3.24. The van der Waals surface area contributed by atoms with E-state index < -0.39 is 60.0 Å². The highest BCUT2D eigenvalue weighted by Crippen LogP contribution is 2.57. The maximum atomic E-state index is 15.2. The van der Waals surface area contributed by atoms with Gasteiger partial charge in [0.05, 0.1) is 49.2 Å². The monoisotopic (exact) mass is 789 g/mol. The van der Waals surface area contributed by atoms with Crippen LogP contribution in [0.4, 0.5) is 20.6 Å². The molecule has 2 aliphatic rings. The van der Waals surface area contributed by atoms with E-state index in [4.69, 9.17) is 51.6 Å². The molecule has 1 fully saturated rings. The molecule has 13 nitrogen and oxygen atoms in total. The van der Waals surface area contributed by atoms with E-state index in [0.717, 1.165) is 0 Å². The molecule has 1 spiro atoms. The Kier molecular flexibility index (Phi) is 13.1. The molecule has 3 aromatic rings. The van der Waals surface area contributed by atoms with Crippen LogP contribution in [0.1, 0.15) is 54.6 Å². The molecule has 16 heteroatoms. The van der Waals surface area contributed by atoms with Crippen LogP contribution in [0.25, 0.3) is 0 Å². The normalized spacial score (nSPS) is 20.3. The van der Waals surface area contributed by atoms with Crippen LogP contribution in [0.5, 0.6) is 5.75 Å². The number of esters is 1. The van der Waals surface area contributed by atoms with Gasteiger partial charge in [-0.05, 0) is 65.4 Å². The van der Waals surface area contributed by atoms with Crippen LogP contribution >= 0.6 is 23.2 Å². The van der Waals surface area contributed by atoms with Crippen LogP contribution in [0.3, 0.4) is 0 Å². The molecule has 3 aromatic carbocycles. The quantitative estimate of drug-likeness (QED) is 0.0935. The maximum Gasteiger partial charge on any atom is 0.511 e. The van der Waals surface area contributed by atoms with Gasteiger partial charge in [-0.25, -0.2) is 14.0 Å². The molecule has 0 saturated carbocycles. The number of amides is 2. The number of carbonyl (C=O) groups excluding carboxylic acids is 4. The average molecular weight is 791 g/mol. The third-order valence-electron chi connectivity index (χ3n) is 9.13. The summed E-state index contributed by atoms with van der Waals surface area (Å²) in [4.78, 5) is 53.4. The Labute approximate surface area is 322 Å². The van der Waals surface area contributed by atoms with Crippen molar-refractivity contribution in [1.29, 1.82) is 0 Å². The Hall–Kier alpha value is -4.47. The van der Waals surface area contributed by atoms with E-state index in [9.17, 15) is 19.2 Å². The zero-order valence-electron chi connectivity index (χ0n) is 30.4. The Morgan fingerprint density at radius 1 is 0.944 bits per heavy atom. The van der Waals surface area contributed by atoms with Gasteiger partial charge < -0.3 is 44.4 Å². The number of nitrogens with one attached hydrogen (secondary N) is 3. The molecule has 1 saturated heterocycles. The molecular formula is C38H42Cl2FN3O10. The molecule has 2 amide bonds. The van der Waals surface area contributed by atoms with Crippen molar-refractivity contribution in [2.45, 2.75) is 50.6 Å². The lowest BCUT2D eigenvalue weighted by molar-refractivity contribution is -0.122. The van der Waals surface area contributed by atoms with Crippen LogP contribution in [0, 0.1) is 11.2 Å². The lowest BCUT2D eigenvalue weighted by Gasteiger charge is -2.37. The van der Waals surface area contributed by atoms with Gasteiger partial charge in [-0.1, -0.05) is 56.1 Å². The molecule has 4 atom stereocenters. The smallest absolute Gasteiger partial charge is 0.495 e. The fourth-order valence-corrected chi connectivity index (χ4v) is 7.31. The number of ether oxygens (including phenoxy) is 6. The van der Waals surface area contributed by atoms with E-state index in [1.54, 1.807) is 24.3 Å². The van der Waals surface area contributed by atoms with Gasteiger partial charge in [-0.3, -0.25) is 9.59 Å². The predicted octanol–water partition coefficient (Wildman–Crippen LogP) is 6.46. The zero-order valence-corrected chi connectivity index (χ0v) is 31.9. The SMILES string of the molecule is COCCOCCOC(=O)OCOC(=O)c1ccc(NC(=O)[C@@H]2N[C@@H](CC(C)(C)C)[C@@]3(C(=O)Nc4cc(Cl)c(F)cc43)[C@@H]2c2cccc(Cl)c2)c(OC)c1. The van der Waals surface area contributed by atoms with Gasteiger partial charge in [0, 0.05) is 29.8 Å². The number of hydrogen-bond acceptors (Lipinski definition) is 11. The van der Waals surface area contributed by atoms with E-state index in [1.807, 2.05) is 20.8 Å². The summed E-state index contributed by atoms with van der Waals surface area (Å²) < 4.78 is 45.5. The Morgan fingerprint density at radius 2 is 1.70 bits per heavy atom. The summed E-state index contributed by atoms with van der Waals surface area (Å²) >= 11 is 12.6. The topological polar surface area (TPSA) is 160 Å². The first kappa shape index (κ1) is 40.7. The summed E-state index contributed by atoms with van der Waals surface area (Å²) in [5, 5.41) is 9.48. The predicted molar refractivity (Wildman–Crippen MR) is 198 cm³/mol. The first-order chi connectivity index (χ1) is 25.7. The number of hydrogen-bond donors (Lipinski definition) is 3. The number of anilines is 2. The zero-order chi connectivity index (χ0) is 39.2. The standard InChI is InChI=1S/C38H42Cl2FN3O10/c1-37(2,3)19-30-38(24-17-26(41)25(40)18-28(24)43-35(38)47)31(21-7-6-8-23(39)15-21)32(44-30)33(45)42-27-10-9-22(16-29(27)50-5)34(46)53-20-54-36(48)52-14-13-51-12-11-49-4/h6-10,15-18,30-32,44H,11-14,19-20H2,1-5H3,(H,42,45)(H,43,47)/t30-,31+,32+,38+/m0/s1. The third-order valence-corrected chi connectivity index (χ3v) is 9.66. The Balaban J connectivity index is 1.38. The molecule has 5 rings (SSSR count). The van der Waals surface area contributed by atoms with Gasteiger partial charge in [0.15, 0.2) is 0 Å². The molecule has 290 valence electrons. The Bertz CT molecular complexity index is 1890. The average Bonchev–Trinajstić information content (AvgIpc) is 3.59. The first-order valence-electron chi connectivity index (χ1n) is 17.0. The van der Waals surface area contributed by atoms with Crippen molar-refractivity contribution < 1.29 is 52.0 Å². The largest absolute Gasteiger partial charge is 0.511 e. The molecule has 2 aliphatic heterocycles. The number of halogens is 3. The minimum absolute atomic E-state index is 0.0354. The number of rotatable bonds is 14. The van der Waals surface area contributed by atoms with Crippen LogP contribution in [0.2, 0.25) is 10.0 Å². The van der Waals surface area contributed by atoms with E-state index in [1.165, 1.54) is 44.6 Å². The second kappa shape index (κ2) is 17.3. The van der Waals surface area contributed by atoms with Gasteiger partial charge in [-0.2, -0.15) is 0 Å². The van der Waals surface area contributed by atoms with Gasteiger partial charge in [0.1, 0.15) is 23.6 Å². The summed E-state index contributed by atoms with van der Waals surface area (Å²) in [7, 11) is 2.89. The van der Waals surface area contributed by atoms with Gasteiger partial charge in [-0.15, -0.1) is 0 Å². The van der Waals surface area contributed by atoms with E-state index in [2.05, 4.69) is 16.0 Å². The lowest BCUT2D eigenvalue weighted by atomic mass is 9.62. The van der Waals surface area contributed by atoms with Crippen molar-refractivity contribution >= 4 is 58.5 Å². The lowest BCUT2D eigenvalue weighted by Crippen LogP contribution is -2.49. The highest BCUT2D eigenvalue weighted by molar-refractivity contribution is 6.31. The second-order valence-electron chi connectivity index (χ2n) is 13.9. The van der Waals surface area contributed by atoms with Crippen LogP contribution in [-0.2, 0) is 38.7 Å². The minimum Gasteiger partial charge on any atom is -0.495 e. The van der Waals surface area contributed by atoms with Crippen LogP contribution in [-0.4, -0.2) is 83.5 Å². The molecular weight excluding hydrogens is 748 g/mol. The van der Waals surface area contributed by atoms with Crippen molar-refractivity contribution in [1.82, 2.24) is 5.32 Å². The van der Waals surface area contributed by atoms with Crippen molar-refractivity contribution in [3.8, 4) is 5.75 Å². The summed E-state index contributed by atoms with van der Waals surface area (Å²) in [6, 6.07) is 12.0. The van der Waals surface area contributed by atoms with E-state index in [-0.39, 0.29) is 40.7 Å². The highest BCUT2D eigenvalue weighted by atomic mass is 35.5. The second-order valence-corrected chi connectivity index (χ2v) is 14.8. The van der Waals surface area contributed by atoms with Crippen LogP contribution in [0.15, 0.2) is 54.6 Å². The van der Waals surface area contributed by atoms with Gasteiger partial charge in [0.2, 0.25) is 18.6 Å². The molecule has 0 unspecified atom stereocenters. The molecule has 54 heavy (non-hydrogen) atoms. The fourth-order valence-electron chi connectivity index (χ4n) is 6.95. The third kappa shape index (κ3) is 8.90. The Morgan fingerprint density at radius 3 is 2.41 bits per heavy atom. The molecule has 0 aromatic heterocycles. The highest BCUT2D eigenvalue weighted by Gasteiger charge is 2.66. The summed E-state index contributed by atoms with van der Waals surface area (Å²) in [5.41, 5.74) is -0.229.